The van der Waals surface area contributed by atoms with Crippen molar-refractivity contribution in [3.05, 3.63) is 218 Å². The molecule has 57 heavy (non-hydrogen) atoms. The smallest absolute Gasteiger partial charge is 0.657 e. The molecule has 0 radical (unpaired) electrons. The Morgan fingerprint density at radius 3 is 1.00 bits per heavy atom. The van der Waals surface area contributed by atoms with E-state index in [9.17, 15) is 0 Å². The van der Waals surface area contributed by atoms with Crippen LogP contribution in [0.5, 0.6) is 0 Å². The molecule has 8 bridgehead atoms. The molecule has 0 spiro atoms. The van der Waals surface area contributed by atoms with Gasteiger partial charge in [-0.05, 0) is 56.7 Å². The van der Waals surface area contributed by atoms with Gasteiger partial charge in [-0.1, -0.05) is 195 Å². The van der Waals surface area contributed by atoms with E-state index in [1.54, 1.807) is 12.2 Å². The minimum Gasteiger partial charge on any atom is -0.657 e. The summed E-state index contributed by atoms with van der Waals surface area (Å²) in [6.07, 6.45) is 16.0. The maximum Gasteiger partial charge on any atom is 2.00 e. The van der Waals surface area contributed by atoms with Gasteiger partial charge in [-0.25, -0.2) is 9.97 Å². The zero-order valence-corrected chi connectivity index (χ0v) is 32.0. The summed E-state index contributed by atoms with van der Waals surface area (Å²) >= 11 is 0. The molecule has 274 valence electrons. The molecular weight excluding hydrogens is 739 g/mol. The van der Waals surface area contributed by atoms with Gasteiger partial charge >= 0.3 is 16.5 Å². The Hall–Kier alpha value is -7.07. The average molecular weight is 776 g/mol. The minimum absolute atomic E-state index is 0. The zero-order chi connectivity index (χ0) is 37.8. The first-order chi connectivity index (χ1) is 27.7. The molecule has 5 heterocycles. The fraction of sp³-hybridized carbons (Fsp3) is 0. The zero-order valence-electron chi connectivity index (χ0n) is 31.0. The van der Waals surface area contributed by atoms with Gasteiger partial charge in [0.2, 0.25) is 0 Å². The number of hydrogen-bond donors (Lipinski definition) is 0. The van der Waals surface area contributed by atoms with Crippen molar-refractivity contribution in [2.24, 2.45) is 0 Å². The van der Waals surface area contributed by atoms with Crippen LogP contribution in [0.15, 0.2) is 195 Å². The van der Waals surface area contributed by atoms with E-state index < -0.39 is 0 Å². The first-order valence-corrected chi connectivity index (χ1v) is 18.6. The van der Waals surface area contributed by atoms with Gasteiger partial charge in [0.25, 0.3) is 0 Å². The molecule has 4 aromatic carbocycles. The Bertz CT molecular complexity index is 2710. The van der Waals surface area contributed by atoms with E-state index in [1.807, 2.05) is 36.4 Å². The van der Waals surface area contributed by atoms with E-state index in [0.717, 1.165) is 100 Å². The van der Waals surface area contributed by atoms with Gasteiger partial charge in [0, 0.05) is 11.1 Å². The topological polar surface area (TPSA) is 54.0 Å². The van der Waals surface area contributed by atoms with Crippen molar-refractivity contribution in [1.29, 1.82) is 0 Å². The number of fused-ring (bicyclic) bond motifs is 8. The van der Waals surface area contributed by atoms with Crippen molar-refractivity contribution in [2.75, 3.05) is 0 Å². The van der Waals surface area contributed by atoms with Crippen molar-refractivity contribution in [3.63, 3.8) is 0 Å². The Kier molecular flexibility index (Phi) is 10.6. The quantitative estimate of drug-likeness (QED) is 0.114. The molecule has 0 unspecified atom stereocenters. The third kappa shape index (κ3) is 7.13. The number of nitrogens with zero attached hydrogens (tertiary/aromatic N) is 4. The molecule has 0 fully saturated rings. The second-order valence-corrected chi connectivity index (χ2v) is 13.5. The van der Waals surface area contributed by atoms with Gasteiger partial charge in [-0.3, -0.25) is 0 Å². The van der Waals surface area contributed by atoms with Crippen LogP contribution in [-0.4, -0.2) is 9.97 Å². The van der Waals surface area contributed by atoms with Crippen molar-refractivity contribution < 1.29 is 16.5 Å². The molecule has 0 N–H and O–H groups in total. The van der Waals surface area contributed by atoms with E-state index in [2.05, 4.69) is 159 Å². The van der Waals surface area contributed by atoms with Crippen LogP contribution >= 0.6 is 0 Å². The van der Waals surface area contributed by atoms with E-state index in [0.29, 0.717) is 0 Å². The molecule has 4 nitrogen and oxygen atoms in total. The second kappa shape index (κ2) is 16.3. The monoisotopic (exact) mass is 774 g/mol. The third-order valence-electron chi connectivity index (χ3n) is 9.96. The van der Waals surface area contributed by atoms with Gasteiger partial charge < -0.3 is 9.97 Å². The molecule has 0 aliphatic carbocycles. The molecule has 9 rings (SSSR count). The predicted molar refractivity (Wildman–Crippen MR) is 235 cm³/mol. The summed E-state index contributed by atoms with van der Waals surface area (Å²) in [6.45, 7) is 7.96. The fourth-order valence-electron chi connectivity index (χ4n) is 7.49. The fourth-order valence-corrected chi connectivity index (χ4v) is 7.49. The first kappa shape index (κ1) is 36.9. The van der Waals surface area contributed by atoms with Gasteiger partial charge in [0.1, 0.15) is 0 Å². The maximum absolute atomic E-state index is 5.51. The van der Waals surface area contributed by atoms with Crippen molar-refractivity contribution in [3.8, 4) is 44.5 Å². The Morgan fingerprint density at radius 2 is 0.684 bits per heavy atom. The van der Waals surface area contributed by atoms with Gasteiger partial charge in [-0.2, -0.15) is 0 Å². The normalized spacial score (nSPS) is 12.3. The van der Waals surface area contributed by atoms with E-state index in [-0.39, 0.29) is 16.5 Å². The number of allylic oxidation sites excluding steroid dienone is 8. The first-order valence-electron chi connectivity index (χ1n) is 18.6. The number of aromatic nitrogens is 4. The maximum atomic E-state index is 5.51. The van der Waals surface area contributed by atoms with Crippen LogP contribution < -0.4 is 9.97 Å². The summed E-state index contributed by atoms with van der Waals surface area (Å²) in [5.41, 5.74) is 16.2. The van der Waals surface area contributed by atoms with Crippen LogP contribution in [-0.2, 0) is 16.5 Å². The standard InChI is InChI=1S/C52H36N4.Ni/c1-3-5-19-39-33-45-47(35-21-11-7-12-22-35)41-30-32-44(54-41)50(38-27-17-10-18-28-38)52-40(20-6-4-2)34-46(56-52)48(36-23-13-8-14-24-36)42-29-31-43(53-42)49(51(39)55-45)37-25-15-9-16-26-37;/h3-34H,1-2H2;/q-2;+2/b19-5+,20-6+,47-41?,47-45?,48-42?,48-46?,49-43?,50-44?,51-49?,52-50?;. The van der Waals surface area contributed by atoms with Crippen molar-refractivity contribution in [2.45, 2.75) is 0 Å². The van der Waals surface area contributed by atoms with Crippen LogP contribution in [0.25, 0.3) is 89.9 Å². The Labute approximate surface area is 342 Å². The summed E-state index contributed by atoms with van der Waals surface area (Å²) in [5, 5.41) is 0. The van der Waals surface area contributed by atoms with E-state index in [4.69, 9.17) is 19.9 Å². The summed E-state index contributed by atoms with van der Waals surface area (Å²) in [5.74, 6) is 0. The number of benzene rings is 4. The Balaban J connectivity index is 0.00000455. The van der Waals surface area contributed by atoms with Crippen molar-refractivity contribution >= 4 is 45.4 Å². The van der Waals surface area contributed by atoms with E-state index in [1.165, 1.54) is 0 Å². The molecule has 0 atom stereocenters. The summed E-state index contributed by atoms with van der Waals surface area (Å²) < 4.78 is 0. The summed E-state index contributed by atoms with van der Waals surface area (Å²) in [6, 6.07) is 49.9. The molecule has 2 aliphatic rings. The molecule has 3 aromatic heterocycles. The predicted octanol–water partition coefficient (Wildman–Crippen LogP) is 12.8. The number of rotatable bonds is 8. The van der Waals surface area contributed by atoms with E-state index >= 15 is 0 Å². The molecule has 0 amide bonds. The molecule has 5 heteroatoms. The van der Waals surface area contributed by atoms with Crippen molar-refractivity contribution in [1.82, 2.24) is 19.9 Å². The SMILES string of the molecule is C=C/C=C/C1=Cc2nc1c(-c1ccccc1)c1ccc([n-]1)c(-c1ccccc1)c1nc(c(-c3ccccc3)c3ccc([n-]3)c2-c2ccccc2)C(/C=C/C=C)=C1.[Ni+2]. The molecular formula is C52H36N4Ni. The van der Waals surface area contributed by atoms with Crippen LogP contribution in [0.3, 0.4) is 0 Å². The van der Waals surface area contributed by atoms with Crippen LogP contribution in [0, 0.1) is 0 Å². The van der Waals surface area contributed by atoms with Crippen LogP contribution in [0.4, 0.5) is 0 Å². The average Bonchev–Trinajstić information content (AvgIpc) is 4.08. The second-order valence-electron chi connectivity index (χ2n) is 13.5. The van der Waals surface area contributed by atoms with Gasteiger partial charge in [0.15, 0.2) is 0 Å². The van der Waals surface area contributed by atoms with Crippen LogP contribution in [0.2, 0.25) is 0 Å². The molecule has 0 saturated heterocycles. The van der Waals surface area contributed by atoms with Gasteiger partial charge in [-0.15, -0.1) is 22.1 Å². The van der Waals surface area contributed by atoms with Crippen LogP contribution in [0.1, 0.15) is 22.8 Å². The summed E-state index contributed by atoms with van der Waals surface area (Å²) in [7, 11) is 0. The summed E-state index contributed by atoms with van der Waals surface area (Å²) in [4.78, 5) is 21.9. The Morgan fingerprint density at radius 1 is 0.386 bits per heavy atom. The minimum atomic E-state index is 0. The number of hydrogen-bond acceptors (Lipinski definition) is 2. The molecule has 2 aliphatic heterocycles. The largest absolute Gasteiger partial charge is 2.00 e. The molecule has 7 aromatic rings. The third-order valence-corrected chi connectivity index (χ3v) is 9.96. The molecule has 0 saturated carbocycles. The van der Waals surface area contributed by atoms with Gasteiger partial charge in [0.05, 0.1) is 22.8 Å².